The van der Waals surface area contributed by atoms with Gasteiger partial charge >= 0.3 is 0 Å². The maximum Gasteiger partial charge on any atom is 0.147 e. The van der Waals surface area contributed by atoms with Crippen LogP contribution >= 0.6 is 0 Å². The van der Waals surface area contributed by atoms with E-state index in [0.717, 1.165) is 25.9 Å². The topological polar surface area (TPSA) is 46.2 Å². The Morgan fingerprint density at radius 3 is 2.48 bits per heavy atom. The van der Waals surface area contributed by atoms with Crippen molar-refractivity contribution in [1.82, 2.24) is 5.32 Å². The number of hydrogen-bond donors (Lipinski definition) is 1. The maximum absolute atomic E-state index is 11.4. The first-order chi connectivity index (χ1) is 9.76. The van der Waals surface area contributed by atoms with Crippen LogP contribution in [0.5, 0.6) is 0 Å². The lowest BCUT2D eigenvalue weighted by molar-refractivity contribution is 0.437. The number of rotatable bonds is 9. The second kappa shape index (κ2) is 8.54. The van der Waals surface area contributed by atoms with Gasteiger partial charge in [-0.05, 0) is 50.3 Å². The van der Waals surface area contributed by atoms with E-state index in [9.17, 15) is 8.42 Å². The van der Waals surface area contributed by atoms with Crippen LogP contribution in [0.4, 0.5) is 0 Å². The molecule has 1 atom stereocenters. The van der Waals surface area contributed by atoms with Crippen molar-refractivity contribution in [3.05, 3.63) is 35.4 Å². The highest BCUT2D eigenvalue weighted by Gasteiger charge is 2.13. The SMILES string of the molecule is Cc1cccc(CC(CCS(C)(=O)=O)CNCC(C)C)c1. The minimum absolute atomic E-state index is 0.271. The minimum atomic E-state index is -2.89. The molecule has 0 heterocycles. The summed E-state index contributed by atoms with van der Waals surface area (Å²) in [5.41, 5.74) is 2.55. The molecule has 1 aromatic carbocycles. The van der Waals surface area contributed by atoms with Crippen LogP contribution in [0, 0.1) is 18.8 Å². The summed E-state index contributed by atoms with van der Waals surface area (Å²) in [6.45, 7) is 8.30. The average Bonchev–Trinajstić information content (AvgIpc) is 2.34. The molecule has 0 aliphatic heterocycles. The van der Waals surface area contributed by atoms with E-state index in [-0.39, 0.29) is 5.75 Å². The van der Waals surface area contributed by atoms with Crippen LogP contribution in [0.2, 0.25) is 0 Å². The maximum atomic E-state index is 11.4. The van der Waals surface area contributed by atoms with Crippen LogP contribution in [-0.2, 0) is 16.3 Å². The Kier molecular flexibility index (Phi) is 7.40. The molecule has 0 bridgehead atoms. The average molecular weight is 311 g/mol. The minimum Gasteiger partial charge on any atom is -0.316 e. The van der Waals surface area contributed by atoms with E-state index >= 15 is 0 Å². The third-order valence-electron chi connectivity index (χ3n) is 3.49. The third kappa shape index (κ3) is 8.89. The van der Waals surface area contributed by atoms with Crippen LogP contribution in [-0.4, -0.2) is 33.5 Å². The third-order valence-corrected chi connectivity index (χ3v) is 4.47. The summed E-state index contributed by atoms with van der Waals surface area (Å²) < 4.78 is 22.8. The molecule has 1 rings (SSSR count). The Labute approximate surface area is 130 Å². The predicted octanol–water partition coefficient (Wildman–Crippen LogP) is 2.83. The molecule has 120 valence electrons. The second-order valence-electron chi connectivity index (χ2n) is 6.53. The van der Waals surface area contributed by atoms with Crippen molar-refractivity contribution in [2.24, 2.45) is 11.8 Å². The van der Waals surface area contributed by atoms with E-state index in [0.29, 0.717) is 11.8 Å². The smallest absolute Gasteiger partial charge is 0.147 e. The molecule has 21 heavy (non-hydrogen) atoms. The lowest BCUT2D eigenvalue weighted by Crippen LogP contribution is -2.28. The van der Waals surface area contributed by atoms with Gasteiger partial charge in [0, 0.05) is 6.26 Å². The van der Waals surface area contributed by atoms with E-state index in [1.807, 2.05) is 0 Å². The zero-order chi connectivity index (χ0) is 15.9. The second-order valence-corrected chi connectivity index (χ2v) is 8.79. The van der Waals surface area contributed by atoms with Gasteiger partial charge in [0.15, 0.2) is 0 Å². The van der Waals surface area contributed by atoms with Crippen molar-refractivity contribution in [3.8, 4) is 0 Å². The van der Waals surface area contributed by atoms with Gasteiger partial charge in [-0.1, -0.05) is 43.7 Å². The summed E-state index contributed by atoms with van der Waals surface area (Å²) >= 11 is 0. The largest absolute Gasteiger partial charge is 0.316 e. The van der Waals surface area contributed by atoms with Gasteiger partial charge in [0.1, 0.15) is 9.84 Å². The standard InChI is InChI=1S/C17H29NO2S/c1-14(2)12-18-13-17(8-9-21(4,19)20)11-16-7-5-6-15(3)10-16/h5-7,10,14,17-18H,8-9,11-13H2,1-4H3. The first kappa shape index (κ1) is 18.2. The van der Waals surface area contributed by atoms with E-state index < -0.39 is 9.84 Å². The van der Waals surface area contributed by atoms with Gasteiger partial charge in [-0.15, -0.1) is 0 Å². The van der Waals surface area contributed by atoms with E-state index in [4.69, 9.17) is 0 Å². The first-order valence-corrected chi connectivity index (χ1v) is 9.76. The van der Waals surface area contributed by atoms with Crippen LogP contribution < -0.4 is 5.32 Å². The molecule has 1 unspecified atom stereocenters. The van der Waals surface area contributed by atoms with Crippen LogP contribution in [0.3, 0.4) is 0 Å². The van der Waals surface area contributed by atoms with E-state index in [1.54, 1.807) is 0 Å². The van der Waals surface area contributed by atoms with Crippen molar-refractivity contribution < 1.29 is 8.42 Å². The highest BCUT2D eigenvalue weighted by Crippen LogP contribution is 2.14. The number of benzene rings is 1. The molecule has 0 amide bonds. The zero-order valence-electron chi connectivity index (χ0n) is 13.7. The number of hydrogen-bond acceptors (Lipinski definition) is 3. The highest BCUT2D eigenvalue weighted by molar-refractivity contribution is 7.90. The van der Waals surface area contributed by atoms with Crippen LogP contribution in [0.25, 0.3) is 0 Å². The summed E-state index contributed by atoms with van der Waals surface area (Å²) in [4.78, 5) is 0. The molecular formula is C17H29NO2S. The molecule has 4 heteroatoms. The summed E-state index contributed by atoms with van der Waals surface area (Å²) in [5.74, 6) is 1.24. The van der Waals surface area contributed by atoms with Crippen molar-refractivity contribution in [2.45, 2.75) is 33.6 Å². The molecule has 3 nitrogen and oxygen atoms in total. The van der Waals surface area contributed by atoms with Gasteiger partial charge in [0.05, 0.1) is 5.75 Å². The fourth-order valence-corrected chi connectivity index (χ4v) is 3.17. The lowest BCUT2D eigenvalue weighted by Gasteiger charge is -2.18. The molecule has 0 fully saturated rings. The molecule has 0 saturated heterocycles. The van der Waals surface area contributed by atoms with Gasteiger partial charge < -0.3 is 5.32 Å². The highest BCUT2D eigenvalue weighted by atomic mass is 32.2. The van der Waals surface area contributed by atoms with Crippen molar-refractivity contribution in [2.75, 3.05) is 25.1 Å². The molecule has 1 N–H and O–H groups in total. The summed E-state index contributed by atoms with van der Waals surface area (Å²) in [7, 11) is -2.89. The molecule has 0 saturated carbocycles. The monoisotopic (exact) mass is 311 g/mol. The number of nitrogens with one attached hydrogen (secondary N) is 1. The molecule has 0 spiro atoms. The Morgan fingerprint density at radius 2 is 1.90 bits per heavy atom. The first-order valence-electron chi connectivity index (χ1n) is 7.70. The zero-order valence-corrected chi connectivity index (χ0v) is 14.5. The molecule has 0 aromatic heterocycles. The van der Waals surface area contributed by atoms with Gasteiger partial charge in [-0.25, -0.2) is 8.42 Å². The summed E-state index contributed by atoms with van der Waals surface area (Å²) in [6.07, 6.45) is 2.97. The van der Waals surface area contributed by atoms with Gasteiger partial charge in [0.2, 0.25) is 0 Å². The number of aryl methyl sites for hydroxylation is 1. The number of sulfone groups is 1. The summed E-state index contributed by atoms with van der Waals surface area (Å²) in [5, 5.41) is 3.46. The van der Waals surface area contributed by atoms with Crippen molar-refractivity contribution in [1.29, 1.82) is 0 Å². The van der Waals surface area contributed by atoms with Crippen LogP contribution in [0.1, 0.15) is 31.4 Å². The van der Waals surface area contributed by atoms with E-state index in [1.165, 1.54) is 17.4 Å². The molecule has 1 aromatic rings. The van der Waals surface area contributed by atoms with Gasteiger partial charge in [0.25, 0.3) is 0 Å². The Morgan fingerprint density at radius 1 is 1.19 bits per heavy atom. The molecule has 0 aliphatic carbocycles. The fraction of sp³-hybridized carbons (Fsp3) is 0.647. The molecule has 0 radical (unpaired) electrons. The summed E-state index contributed by atoms with van der Waals surface area (Å²) in [6, 6.07) is 8.48. The quantitative estimate of drug-likeness (QED) is 0.763. The van der Waals surface area contributed by atoms with Crippen LogP contribution in [0.15, 0.2) is 24.3 Å². The van der Waals surface area contributed by atoms with Gasteiger partial charge in [-0.3, -0.25) is 0 Å². The van der Waals surface area contributed by atoms with Crippen molar-refractivity contribution in [3.63, 3.8) is 0 Å². The van der Waals surface area contributed by atoms with E-state index in [2.05, 4.69) is 50.4 Å². The van der Waals surface area contributed by atoms with Crippen molar-refractivity contribution >= 4 is 9.84 Å². The molecular weight excluding hydrogens is 282 g/mol. The predicted molar refractivity (Wildman–Crippen MR) is 90.4 cm³/mol. The lowest BCUT2D eigenvalue weighted by atomic mass is 9.95. The molecule has 0 aliphatic rings. The fourth-order valence-electron chi connectivity index (χ4n) is 2.41. The normalized spacial score (nSPS) is 13.6. The Hall–Kier alpha value is -0.870. The Balaban J connectivity index is 2.61. The van der Waals surface area contributed by atoms with Gasteiger partial charge in [-0.2, -0.15) is 0 Å². The Bertz CT molecular complexity index is 523.